The Hall–Kier alpha value is -0.850. The first-order chi connectivity index (χ1) is 6.46. The first-order valence-corrected chi connectivity index (χ1v) is 5.27. The van der Waals surface area contributed by atoms with Gasteiger partial charge in [-0.05, 0) is 24.7 Å². The summed E-state index contributed by atoms with van der Waals surface area (Å²) in [7, 11) is 0. The molecule has 1 atom stereocenters. The van der Waals surface area contributed by atoms with Gasteiger partial charge in [0, 0.05) is 12.3 Å². The fraction of sp³-hybridized carbons (Fsp3) is 0.615. The highest BCUT2D eigenvalue weighted by atomic mass is 16.1. The Balaban J connectivity index is 2.62. The van der Waals surface area contributed by atoms with Gasteiger partial charge in [-0.3, -0.25) is 4.79 Å². The van der Waals surface area contributed by atoms with Crippen LogP contribution in [0.4, 0.5) is 0 Å². The minimum atomic E-state index is 0.0982. The average molecular weight is 192 g/mol. The molecule has 1 heteroatoms. The van der Waals surface area contributed by atoms with Crippen LogP contribution in [-0.2, 0) is 4.79 Å². The molecule has 0 saturated heterocycles. The standard InChI is InChI=1S/C13H20O/c1-5-6-12(14)11-7-8-13(3,4)9-10(11)2/h5,11H,1-2,6-9H2,3-4H3. The molecule has 0 aromatic carbocycles. The van der Waals surface area contributed by atoms with Crippen molar-refractivity contribution < 1.29 is 4.79 Å². The van der Waals surface area contributed by atoms with Gasteiger partial charge in [0.05, 0.1) is 0 Å². The Morgan fingerprint density at radius 2 is 2.29 bits per heavy atom. The van der Waals surface area contributed by atoms with Crippen LogP contribution >= 0.6 is 0 Å². The second-order valence-electron chi connectivity index (χ2n) is 5.05. The molecule has 1 aliphatic carbocycles. The van der Waals surface area contributed by atoms with Gasteiger partial charge in [-0.25, -0.2) is 0 Å². The summed E-state index contributed by atoms with van der Waals surface area (Å²) >= 11 is 0. The number of hydrogen-bond donors (Lipinski definition) is 0. The molecule has 1 aliphatic rings. The molecule has 0 spiro atoms. The lowest BCUT2D eigenvalue weighted by atomic mass is 9.69. The maximum Gasteiger partial charge on any atom is 0.143 e. The van der Waals surface area contributed by atoms with Gasteiger partial charge < -0.3 is 0 Å². The van der Waals surface area contributed by atoms with E-state index in [9.17, 15) is 4.79 Å². The molecule has 0 aromatic heterocycles. The number of hydrogen-bond acceptors (Lipinski definition) is 1. The van der Waals surface area contributed by atoms with E-state index >= 15 is 0 Å². The van der Waals surface area contributed by atoms with E-state index < -0.39 is 0 Å². The summed E-state index contributed by atoms with van der Waals surface area (Å²) in [5.74, 6) is 0.390. The second-order valence-corrected chi connectivity index (χ2v) is 5.05. The van der Waals surface area contributed by atoms with Gasteiger partial charge in [0.25, 0.3) is 0 Å². The monoisotopic (exact) mass is 192 g/mol. The SMILES string of the molecule is C=CCC(=O)C1CCC(C)(C)CC1=C. The van der Waals surface area contributed by atoms with Gasteiger partial charge in [0.15, 0.2) is 0 Å². The van der Waals surface area contributed by atoms with Crippen LogP contribution < -0.4 is 0 Å². The van der Waals surface area contributed by atoms with Crippen molar-refractivity contribution in [2.24, 2.45) is 11.3 Å². The van der Waals surface area contributed by atoms with Gasteiger partial charge in [0.1, 0.15) is 5.78 Å². The van der Waals surface area contributed by atoms with Crippen LogP contribution in [0.2, 0.25) is 0 Å². The average Bonchev–Trinajstić information content (AvgIpc) is 2.02. The quantitative estimate of drug-likeness (QED) is 0.625. The Morgan fingerprint density at radius 1 is 1.64 bits per heavy atom. The van der Waals surface area contributed by atoms with E-state index in [0.29, 0.717) is 17.6 Å². The first kappa shape index (κ1) is 11.2. The minimum Gasteiger partial charge on any atom is -0.299 e. The number of rotatable bonds is 3. The van der Waals surface area contributed by atoms with Gasteiger partial charge >= 0.3 is 0 Å². The van der Waals surface area contributed by atoms with Gasteiger partial charge in [-0.15, -0.1) is 6.58 Å². The number of carbonyl (C=O) groups is 1. The van der Waals surface area contributed by atoms with E-state index in [1.165, 1.54) is 0 Å². The molecule has 1 nitrogen and oxygen atoms in total. The molecule has 0 aliphatic heterocycles. The van der Waals surface area contributed by atoms with Crippen LogP contribution in [0, 0.1) is 11.3 Å². The maximum absolute atomic E-state index is 11.7. The molecule has 1 unspecified atom stereocenters. The predicted molar refractivity (Wildman–Crippen MR) is 60.1 cm³/mol. The molecule has 14 heavy (non-hydrogen) atoms. The van der Waals surface area contributed by atoms with E-state index in [2.05, 4.69) is 27.0 Å². The van der Waals surface area contributed by atoms with Gasteiger partial charge in [-0.2, -0.15) is 0 Å². The Morgan fingerprint density at radius 3 is 2.79 bits per heavy atom. The molecule has 0 aromatic rings. The lowest BCUT2D eigenvalue weighted by molar-refractivity contribution is -0.121. The third-order valence-corrected chi connectivity index (χ3v) is 3.04. The summed E-state index contributed by atoms with van der Waals surface area (Å²) < 4.78 is 0. The largest absolute Gasteiger partial charge is 0.299 e. The molecule has 0 radical (unpaired) electrons. The highest BCUT2D eigenvalue weighted by molar-refractivity contribution is 5.84. The molecule has 1 saturated carbocycles. The second kappa shape index (κ2) is 4.12. The topological polar surface area (TPSA) is 17.1 Å². The fourth-order valence-corrected chi connectivity index (χ4v) is 2.24. The lowest BCUT2D eigenvalue weighted by Crippen LogP contribution is -2.27. The Kier molecular flexibility index (Phi) is 3.30. The normalized spacial score (nSPS) is 25.9. The van der Waals surface area contributed by atoms with E-state index in [0.717, 1.165) is 24.8 Å². The van der Waals surface area contributed by atoms with Crippen molar-refractivity contribution in [3.63, 3.8) is 0 Å². The van der Waals surface area contributed by atoms with Crippen molar-refractivity contribution >= 4 is 5.78 Å². The van der Waals surface area contributed by atoms with Crippen molar-refractivity contribution in [1.82, 2.24) is 0 Å². The van der Waals surface area contributed by atoms with E-state index in [1.54, 1.807) is 6.08 Å². The summed E-state index contributed by atoms with van der Waals surface area (Å²) in [5, 5.41) is 0. The number of ketones is 1. The molecular weight excluding hydrogens is 172 g/mol. The van der Waals surface area contributed by atoms with Gasteiger partial charge in [0.2, 0.25) is 0 Å². The summed E-state index contributed by atoms with van der Waals surface area (Å²) in [6, 6.07) is 0. The minimum absolute atomic E-state index is 0.0982. The smallest absolute Gasteiger partial charge is 0.143 e. The van der Waals surface area contributed by atoms with E-state index in [-0.39, 0.29) is 5.92 Å². The molecular formula is C13H20O. The zero-order valence-electron chi connectivity index (χ0n) is 9.31. The lowest BCUT2D eigenvalue weighted by Gasteiger charge is -2.35. The number of carbonyl (C=O) groups excluding carboxylic acids is 1. The highest BCUT2D eigenvalue weighted by Gasteiger charge is 2.32. The Labute approximate surface area is 86.9 Å². The van der Waals surface area contributed by atoms with Crippen LogP contribution in [0.3, 0.4) is 0 Å². The third-order valence-electron chi connectivity index (χ3n) is 3.04. The van der Waals surface area contributed by atoms with Crippen LogP contribution in [0.15, 0.2) is 24.8 Å². The summed E-state index contributed by atoms with van der Waals surface area (Å²) in [5.41, 5.74) is 1.45. The highest BCUT2D eigenvalue weighted by Crippen LogP contribution is 2.41. The number of allylic oxidation sites excluding steroid dienone is 2. The van der Waals surface area contributed by atoms with Crippen molar-refractivity contribution in [2.45, 2.75) is 39.5 Å². The fourth-order valence-electron chi connectivity index (χ4n) is 2.24. The van der Waals surface area contributed by atoms with Crippen molar-refractivity contribution in [1.29, 1.82) is 0 Å². The number of Topliss-reactive ketones (excluding diaryl/α,β-unsaturated/α-hetero) is 1. The van der Waals surface area contributed by atoms with Crippen LogP contribution in [0.1, 0.15) is 39.5 Å². The zero-order chi connectivity index (χ0) is 10.8. The predicted octanol–water partition coefficient (Wildman–Crippen LogP) is 3.51. The van der Waals surface area contributed by atoms with Gasteiger partial charge in [-0.1, -0.05) is 32.1 Å². The molecule has 0 bridgehead atoms. The van der Waals surface area contributed by atoms with Crippen LogP contribution in [-0.4, -0.2) is 5.78 Å². The third kappa shape index (κ3) is 2.57. The van der Waals surface area contributed by atoms with Crippen molar-refractivity contribution in [3.05, 3.63) is 24.8 Å². The molecule has 0 N–H and O–H groups in total. The van der Waals surface area contributed by atoms with E-state index in [1.807, 2.05) is 0 Å². The molecule has 78 valence electrons. The molecule has 1 rings (SSSR count). The first-order valence-electron chi connectivity index (χ1n) is 5.27. The summed E-state index contributed by atoms with van der Waals surface area (Å²) in [6.07, 6.45) is 5.26. The summed E-state index contributed by atoms with van der Waals surface area (Å²) in [6.45, 7) is 12.1. The van der Waals surface area contributed by atoms with E-state index in [4.69, 9.17) is 0 Å². The molecule has 0 amide bonds. The van der Waals surface area contributed by atoms with Crippen LogP contribution in [0.25, 0.3) is 0 Å². The zero-order valence-corrected chi connectivity index (χ0v) is 9.31. The molecule has 0 heterocycles. The maximum atomic E-state index is 11.7. The van der Waals surface area contributed by atoms with Crippen molar-refractivity contribution in [2.75, 3.05) is 0 Å². The van der Waals surface area contributed by atoms with Crippen LogP contribution in [0.5, 0.6) is 0 Å². The Bertz CT molecular complexity index is 260. The van der Waals surface area contributed by atoms with Crippen molar-refractivity contribution in [3.8, 4) is 0 Å². The summed E-state index contributed by atoms with van der Waals surface area (Å²) in [4.78, 5) is 11.7. The molecule has 1 fully saturated rings.